The summed E-state index contributed by atoms with van der Waals surface area (Å²) in [4.78, 5) is 14.4. The van der Waals surface area contributed by atoms with Crippen LogP contribution in [0.3, 0.4) is 0 Å². The van der Waals surface area contributed by atoms with E-state index in [4.69, 9.17) is 10.5 Å². The maximum absolute atomic E-state index is 13.5. The fourth-order valence-corrected chi connectivity index (χ4v) is 4.69. The second-order valence-corrected chi connectivity index (χ2v) is 8.54. The van der Waals surface area contributed by atoms with Crippen molar-refractivity contribution in [3.63, 3.8) is 0 Å². The Bertz CT molecular complexity index is 1020. The number of nitrogens with one attached hydrogen (secondary N) is 1. The maximum atomic E-state index is 13.5. The monoisotopic (exact) mass is 487 g/mol. The molecule has 11 heteroatoms. The molecule has 2 aromatic carbocycles. The summed E-state index contributed by atoms with van der Waals surface area (Å²) >= 11 is 0. The molecule has 5 nitrogen and oxygen atoms in total. The first-order chi connectivity index (χ1) is 16.0. The highest BCUT2D eigenvalue weighted by atomic mass is 19.4. The van der Waals surface area contributed by atoms with E-state index in [0.29, 0.717) is 31.2 Å². The molecule has 2 aliphatic rings. The molecule has 34 heavy (non-hydrogen) atoms. The Morgan fingerprint density at radius 3 is 2.12 bits per heavy atom. The fourth-order valence-electron chi connectivity index (χ4n) is 4.69. The molecule has 3 N–H and O–H groups in total. The number of benzene rings is 2. The summed E-state index contributed by atoms with van der Waals surface area (Å²) in [5.41, 5.74) is 4.33. The molecular weight excluding hydrogens is 464 g/mol. The Balaban J connectivity index is 1.43. The van der Waals surface area contributed by atoms with Crippen LogP contribution >= 0.6 is 0 Å². The van der Waals surface area contributed by atoms with Gasteiger partial charge in [-0.25, -0.2) is 4.79 Å². The molecule has 2 bridgehead atoms. The van der Waals surface area contributed by atoms with E-state index >= 15 is 0 Å². The Morgan fingerprint density at radius 1 is 0.971 bits per heavy atom. The number of fused-ring (bicyclic) bond motifs is 2. The van der Waals surface area contributed by atoms with Gasteiger partial charge in [-0.2, -0.15) is 26.3 Å². The molecule has 0 saturated carbocycles. The lowest BCUT2D eigenvalue weighted by molar-refractivity contribution is -0.139. The highest BCUT2D eigenvalue weighted by Crippen LogP contribution is 2.41. The van der Waals surface area contributed by atoms with Crippen LogP contribution in [0.1, 0.15) is 42.4 Å². The van der Waals surface area contributed by atoms with Gasteiger partial charge in [0.1, 0.15) is 11.9 Å². The lowest BCUT2D eigenvalue weighted by atomic mass is 9.99. The molecule has 2 fully saturated rings. The summed E-state index contributed by atoms with van der Waals surface area (Å²) in [5, 5.41) is 2.62. The summed E-state index contributed by atoms with van der Waals surface area (Å²) in [5.74, 6) is -0.267. The molecule has 0 spiro atoms. The van der Waals surface area contributed by atoms with Gasteiger partial charge in [0.15, 0.2) is 0 Å². The number of ether oxygens (including phenoxy) is 1. The second kappa shape index (κ2) is 9.01. The van der Waals surface area contributed by atoms with Crippen molar-refractivity contribution in [3.8, 4) is 5.75 Å². The first kappa shape index (κ1) is 24.2. The van der Waals surface area contributed by atoms with E-state index in [2.05, 4.69) is 5.32 Å². The zero-order valence-corrected chi connectivity index (χ0v) is 17.9. The van der Waals surface area contributed by atoms with Crippen molar-refractivity contribution in [2.75, 3.05) is 5.32 Å². The molecule has 4 rings (SSSR count). The number of piperidine rings is 1. The molecule has 0 unspecified atom stereocenters. The van der Waals surface area contributed by atoms with Crippen LogP contribution in [-0.4, -0.2) is 29.1 Å². The Kier molecular flexibility index (Phi) is 6.41. The normalized spacial score (nSPS) is 22.6. The standard InChI is InChI=1S/C23H23F6N3O2/c24-22(25,26)14-2-4-15(5-3-14)31-21(33)32-16-6-7-17(32)11-18(10-16)34-20-8-1-13(12-30)9-19(20)23(27,28)29/h1-5,8-9,16-18H,6-7,10-12,30H2,(H,31,33)/t16-,17+,18+. The number of hydrogen-bond donors (Lipinski definition) is 2. The minimum atomic E-state index is -4.60. The maximum Gasteiger partial charge on any atom is 0.419 e. The van der Waals surface area contributed by atoms with Crippen molar-refractivity contribution >= 4 is 11.7 Å². The molecule has 2 amide bonds. The van der Waals surface area contributed by atoms with E-state index in [9.17, 15) is 31.1 Å². The predicted octanol–water partition coefficient (Wildman–Crippen LogP) is 5.79. The van der Waals surface area contributed by atoms with E-state index in [1.807, 2.05) is 0 Å². The van der Waals surface area contributed by atoms with Crippen LogP contribution in [0, 0.1) is 0 Å². The van der Waals surface area contributed by atoms with E-state index in [1.165, 1.54) is 24.3 Å². The molecule has 2 aliphatic heterocycles. The highest BCUT2D eigenvalue weighted by Gasteiger charge is 2.45. The molecule has 0 aromatic heterocycles. The number of alkyl halides is 6. The van der Waals surface area contributed by atoms with Gasteiger partial charge in [0, 0.05) is 37.2 Å². The minimum Gasteiger partial charge on any atom is -0.490 e. The van der Waals surface area contributed by atoms with Crippen molar-refractivity contribution in [1.82, 2.24) is 4.90 Å². The van der Waals surface area contributed by atoms with Crippen LogP contribution in [0.25, 0.3) is 0 Å². The number of nitrogens with zero attached hydrogens (tertiary/aromatic N) is 1. The number of rotatable bonds is 4. The quantitative estimate of drug-likeness (QED) is 0.537. The third-order valence-electron chi connectivity index (χ3n) is 6.27. The van der Waals surface area contributed by atoms with Crippen LogP contribution < -0.4 is 15.8 Å². The summed E-state index contributed by atoms with van der Waals surface area (Å²) < 4.78 is 84.5. The number of anilines is 1. The van der Waals surface area contributed by atoms with E-state index in [-0.39, 0.29) is 30.1 Å². The molecule has 0 radical (unpaired) electrons. The molecule has 2 saturated heterocycles. The second-order valence-electron chi connectivity index (χ2n) is 8.54. The fraction of sp³-hybridized carbons (Fsp3) is 0.435. The van der Waals surface area contributed by atoms with E-state index < -0.39 is 35.6 Å². The van der Waals surface area contributed by atoms with Gasteiger partial charge in [-0.15, -0.1) is 0 Å². The number of amides is 2. The molecule has 3 atom stereocenters. The van der Waals surface area contributed by atoms with Gasteiger partial charge in [-0.05, 0) is 54.8 Å². The zero-order chi connectivity index (χ0) is 24.7. The molecule has 2 aromatic rings. The van der Waals surface area contributed by atoms with Gasteiger partial charge in [0.25, 0.3) is 0 Å². The highest BCUT2D eigenvalue weighted by molar-refractivity contribution is 5.90. The Morgan fingerprint density at radius 2 is 1.59 bits per heavy atom. The van der Waals surface area contributed by atoms with Crippen molar-refractivity contribution in [3.05, 3.63) is 59.2 Å². The number of halogens is 6. The number of nitrogens with two attached hydrogens (primary N) is 1. The lowest BCUT2D eigenvalue weighted by Crippen LogP contribution is -2.50. The Hall–Kier alpha value is -2.95. The lowest BCUT2D eigenvalue weighted by Gasteiger charge is -2.39. The van der Waals surface area contributed by atoms with Crippen molar-refractivity contribution < 1.29 is 35.9 Å². The van der Waals surface area contributed by atoms with Gasteiger partial charge < -0.3 is 20.7 Å². The smallest absolute Gasteiger partial charge is 0.419 e. The first-order valence-corrected chi connectivity index (χ1v) is 10.8. The molecule has 2 heterocycles. The van der Waals surface area contributed by atoms with Gasteiger partial charge >= 0.3 is 18.4 Å². The summed E-state index contributed by atoms with van der Waals surface area (Å²) in [6.07, 6.45) is -7.52. The van der Waals surface area contributed by atoms with Crippen LogP contribution in [0.4, 0.5) is 36.8 Å². The minimum absolute atomic E-state index is 0.0278. The summed E-state index contributed by atoms with van der Waals surface area (Å²) in [6, 6.07) is 6.96. The van der Waals surface area contributed by atoms with Crippen molar-refractivity contribution in [2.45, 2.75) is 62.8 Å². The largest absolute Gasteiger partial charge is 0.490 e. The van der Waals surface area contributed by atoms with E-state index in [0.717, 1.165) is 18.2 Å². The van der Waals surface area contributed by atoms with Crippen molar-refractivity contribution in [1.29, 1.82) is 0 Å². The van der Waals surface area contributed by atoms with Gasteiger partial charge in [0.2, 0.25) is 0 Å². The summed E-state index contributed by atoms with van der Waals surface area (Å²) in [7, 11) is 0. The van der Waals surface area contributed by atoms with Gasteiger partial charge in [0.05, 0.1) is 11.1 Å². The van der Waals surface area contributed by atoms with Crippen LogP contribution in [0.2, 0.25) is 0 Å². The molecular formula is C23H23F6N3O2. The van der Waals surface area contributed by atoms with Gasteiger partial charge in [-0.1, -0.05) is 6.07 Å². The van der Waals surface area contributed by atoms with Crippen LogP contribution in [-0.2, 0) is 18.9 Å². The number of urea groups is 1. The average Bonchev–Trinajstić information content (AvgIpc) is 3.03. The Labute approximate surface area is 191 Å². The molecule has 0 aliphatic carbocycles. The van der Waals surface area contributed by atoms with E-state index in [1.54, 1.807) is 4.90 Å². The average molecular weight is 487 g/mol. The SMILES string of the molecule is NCc1ccc(O[C@H]2C[C@H]3CC[C@@H](C2)N3C(=O)Nc2ccc(C(F)(F)F)cc2)c(C(F)(F)F)c1. The first-order valence-electron chi connectivity index (χ1n) is 10.8. The number of hydrogen-bond acceptors (Lipinski definition) is 3. The predicted molar refractivity (Wildman–Crippen MR) is 112 cm³/mol. The van der Waals surface area contributed by atoms with Gasteiger partial charge in [-0.3, -0.25) is 0 Å². The third kappa shape index (κ3) is 5.08. The summed E-state index contributed by atoms with van der Waals surface area (Å²) in [6.45, 7) is -0.0278. The topological polar surface area (TPSA) is 67.6 Å². The third-order valence-corrected chi connectivity index (χ3v) is 6.27. The van der Waals surface area contributed by atoms with Crippen LogP contribution in [0.5, 0.6) is 5.75 Å². The number of carbonyl (C=O) groups is 1. The van der Waals surface area contributed by atoms with Crippen LogP contribution in [0.15, 0.2) is 42.5 Å². The number of carbonyl (C=O) groups excluding carboxylic acids is 1. The molecule has 184 valence electrons. The van der Waals surface area contributed by atoms with Crippen molar-refractivity contribution in [2.24, 2.45) is 5.73 Å². The zero-order valence-electron chi connectivity index (χ0n) is 17.9.